The highest BCUT2D eigenvalue weighted by atomic mass is 16.6. The first-order chi connectivity index (χ1) is 18.8. The molecule has 1 atom stereocenters. The second kappa shape index (κ2) is 11.9. The highest BCUT2D eigenvalue weighted by Crippen LogP contribution is 2.29. The Morgan fingerprint density at radius 2 is 1.87 bits per heavy atom. The number of hydrogen-bond acceptors (Lipinski definition) is 10. The molecule has 2 N–H and O–H groups in total. The molecule has 39 heavy (non-hydrogen) atoms. The summed E-state index contributed by atoms with van der Waals surface area (Å²) in [5.74, 6) is 6.06. The lowest BCUT2D eigenvalue weighted by molar-refractivity contribution is -0.420. The van der Waals surface area contributed by atoms with Crippen LogP contribution in [0.4, 0.5) is 0 Å². The van der Waals surface area contributed by atoms with Gasteiger partial charge in [-0.3, -0.25) is 10.1 Å². The Kier molecular flexibility index (Phi) is 8.18. The van der Waals surface area contributed by atoms with Crippen LogP contribution in [0.3, 0.4) is 0 Å². The summed E-state index contributed by atoms with van der Waals surface area (Å²) in [7, 11) is 0. The van der Waals surface area contributed by atoms with Gasteiger partial charge in [0.25, 0.3) is 12.2 Å². The normalized spacial score (nSPS) is 14.8. The molecule has 3 aromatic carbocycles. The second-order valence-corrected chi connectivity index (χ2v) is 8.44. The van der Waals surface area contributed by atoms with E-state index in [1.165, 1.54) is 18.2 Å². The Morgan fingerprint density at radius 3 is 2.51 bits per heavy atom. The van der Waals surface area contributed by atoms with Crippen LogP contribution >= 0.6 is 0 Å². The molecule has 1 aliphatic rings. The van der Waals surface area contributed by atoms with Gasteiger partial charge in [-0.2, -0.15) is 5.26 Å². The maximum Gasteiger partial charge on any atom is 0.352 e. The van der Waals surface area contributed by atoms with E-state index in [4.69, 9.17) is 20.1 Å². The van der Waals surface area contributed by atoms with Crippen LogP contribution in [0, 0.1) is 28.4 Å². The number of ether oxygens (including phenoxy) is 3. The molecule has 3 aromatic rings. The summed E-state index contributed by atoms with van der Waals surface area (Å²) in [6, 6.07) is 22.0. The third-order valence-corrected chi connectivity index (χ3v) is 5.74. The fourth-order valence-corrected chi connectivity index (χ4v) is 3.78. The molecule has 1 aliphatic heterocycles. The van der Waals surface area contributed by atoms with Gasteiger partial charge in [0.1, 0.15) is 17.2 Å². The number of nitrogens with zero attached hydrogens (tertiary/aromatic N) is 4. The topological polar surface area (TPSA) is 153 Å². The third-order valence-electron chi connectivity index (χ3n) is 5.74. The highest BCUT2D eigenvalue weighted by Gasteiger charge is 2.39. The smallest absolute Gasteiger partial charge is 0.352 e. The van der Waals surface area contributed by atoms with Gasteiger partial charge in [0.05, 0.1) is 28.7 Å². The Balaban J connectivity index is 1.73. The quantitative estimate of drug-likeness (QED) is 0.187. The van der Waals surface area contributed by atoms with Gasteiger partial charge in [0.2, 0.25) is 0 Å². The standard InChI is InChI=1S/C28H25N5O6/c1-3-37-27(34)21-11-13-22(14-12-21)38-28-31-23(15-19-7-5-4-6-8-19)25(33(35)36)26(32(28)30)39-24-16-20(17-29)10-9-18(24)2/h4-14,16,28H,3,15,30H2,1-2H3. The van der Waals surface area contributed by atoms with Crippen molar-refractivity contribution in [2.45, 2.75) is 26.6 Å². The maximum absolute atomic E-state index is 12.3. The number of rotatable bonds is 9. The number of carbonyl (C=O) groups is 1. The molecule has 0 bridgehead atoms. The lowest BCUT2D eigenvalue weighted by atomic mass is 10.1. The number of aliphatic imine (C=N–C) groups is 1. The Morgan fingerprint density at radius 1 is 1.15 bits per heavy atom. The molecule has 0 spiro atoms. The number of nitriles is 1. The zero-order chi connectivity index (χ0) is 27.9. The van der Waals surface area contributed by atoms with E-state index in [9.17, 15) is 20.2 Å². The fraction of sp³-hybridized carbons (Fsp3) is 0.179. The molecule has 198 valence electrons. The van der Waals surface area contributed by atoms with E-state index < -0.39 is 22.9 Å². The SMILES string of the molecule is CCOC(=O)c1ccc(OC2N=C(Cc3ccccc3)C([N+](=O)[O-])=C(Oc3cc(C#N)ccc3C)N2N)cc1. The van der Waals surface area contributed by atoms with E-state index in [0.717, 1.165) is 10.6 Å². The number of nitro groups is 1. The highest BCUT2D eigenvalue weighted by molar-refractivity contribution is 6.00. The summed E-state index contributed by atoms with van der Waals surface area (Å²) in [6.45, 7) is 3.69. The van der Waals surface area contributed by atoms with Gasteiger partial charge in [-0.25, -0.2) is 20.6 Å². The number of benzene rings is 3. The Bertz CT molecular complexity index is 1480. The molecule has 1 unspecified atom stereocenters. The van der Waals surface area contributed by atoms with E-state index in [1.54, 1.807) is 38.1 Å². The Labute approximate surface area is 224 Å². The molecule has 0 aliphatic carbocycles. The van der Waals surface area contributed by atoms with Crippen molar-refractivity contribution in [3.63, 3.8) is 0 Å². The fourth-order valence-electron chi connectivity index (χ4n) is 3.78. The first-order valence-electron chi connectivity index (χ1n) is 12.0. The number of allylic oxidation sites excluding steroid dienone is 1. The van der Waals surface area contributed by atoms with Crippen molar-refractivity contribution >= 4 is 11.7 Å². The summed E-state index contributed by atoms with van der Waals surface area (Å²) < 4.78 is 17.0. The van der Waals surface area contributed by atoms with Crippen molar-refractivity contribution in [3.8, 4) is 17.6 Å². The summed E-state index contributed by atoms with van der Waals surface area (Å²) in [6.07, 6.45) is -1.13. The van der Waals surface area contributed by atoms with E-state index in [1.807, 2.05) is 36.4 Å². The number of esters is 1. The molecule has 4 rings (SSSR count). The van der Waals surface area contributed by atoms with E-state index in [-0.39, 0.29) is 30.4 Å². The first-order valence-corrected chi connectivity index (χ1v) is 12.0. The van der Waals surface area contributed by atoms with Crippen molar-refractivity contribution in [2.75, 3.05) is 6.61 Å². The second-order valence-electron chi connectivity index (χ2n) is 8.44. The lowest BCUT2D eigenvalue weighted by Crippen LogP contribution is -2.49. The van der Waals surface area contributed by atoms with Crippen LogP contribution in [0.25, 0.3) is 0 Å². The van der Waals surface area contributed by atoms with Crippen LogP contribution in [-0.4, -0.2) is 34.6 Å². The van der Waals surface area contributed by atoms with Gasteiger partial charge in [0.15, 0.2) is 0 Å². The number of nitrogens with two attached hydrogens (primary N) is 1. The van der Waals surface area contributed by atoms with Crippen LogP contribution in [-0.2, 0) is 11.2 Å². The average molecular weight is 528 g/mol. The average Bonchev–Trinajstić information content (AvgIpc) is 2.93. The molecule has 0 radical (unpaired) electrons. The van der Waals surface area contributed by atoms with Crippen LogP contribution in [0.2, 0.25) is 0 Å². The zero-order valence-corrected chi connectivity index (χ0v) is 21.2. The summed E-state index contributed by atoms with van der Waals surface area (Å²) in [5, 5.41) is 22.5. The molecule has 1 heterocycles. The van der Waals surface area contributed by atoms with Gasteiger partial charge in [-0.05, 0) is 61.4 Å². The molecular formula is C28H25N5O6. The van der Waals surface area contributed by atoms with Crippen molar-refractivity contribution in [1.82, 2.24) is 5.01 Å². The number of aryl methyl sites for hydroxylation is 1. The molecular weight excluding hydrogens is 502 g/mol. The summed E-state index contributed by atoms with van der Waals surface area (Å²) in [4.78, 5) is 28.1. The van der Waals surface area contributed by atoms with Crippen LogP contribution in [0.15, 0.2) is 89.4 Å². The van der Waals surface area contributed by atoms with Gasteiger partial charge in [-0.1, -0.05) is 36.4 Å². The van der Waals surface area contributed by atoms with Gasteiger partial charge >= 0.3 is 11.7 Å². The number of hydrazine groups is 1. The molecule has 0 amide bonds. The molecule has 11 heteroatoms. The zero-order valence-electron chi connectivity index (χ0n) is 21.2. The lowest BCUT2D eigenvalue weighted by Gasteiger charge is -2.31. The third kappa shape index (κ3) is 6.20. The molecule has 11 nitrogen and oxygen atoms in total. The van der Waals surface area contributed by atoms with Gasteiger partial charge in [-0.15, -0.1) is 0 Å². The maximum atomic E-state index is 12.3. The van der Waals surface area contributed by atoms with Crippen molar-refractivity contribution in [1.29, 1.82) is 5.26 Å². The van der Waals surface area contributed by atoms with Crippen molar-refractivity contribution in [2.24, 2.45) is 10.8 Å². The van der Waals surface area contributed by atoms with Crippen LogP contribution in [0.1, 0.15) is 34.0 Å². The van der Waals surface area contributed by atoms with Crippen LogP contribution < -0.4 is 15.3 Å². The van der Waals surface area contributed by atoms with Crippen molar-refractivity contribution in [3.05, 3.63) is 117 Å². The number of hydrogen-bond donors (Lipinski definition) is 1. The molecule has 0 saturated carbocycles. The predicted molar refractivity (Wildman–Crippen MR) is 141 cm³/mol. The largest absolute Gasteiger partial charge is 0.462 e. The van der Waals surface area contributed by atoms with E-state index in [0.29, 0.717) is 22.4 Å². The van der Waals surface area contributed by atoms with E-state index >= 15 is 0 Å². The van der Waals surface area contributed by atoms with Crippen molar-refractivity contribution < 1.29 is 23.9 Å². The minimum Gasteiger partial charge on any atom is -0.462 e. The molecule has 0 aromatic heterocycles. The first kappa shape index (κ1) is 26.8. The molecule has 0 fully saturated rings. The minimum atomic E-state index is -1.24. The van der Waals surface area contributed by atoms with E-state index in [2.05, 4.69) is 4.99 Å². The summed E-state index contributed by atoms with van der Waals surface area (Å²) >= 11 is 0. The van der Waals surface area contributed by atoms with Gasteiger partial charge < -0.3 is 14.2 Å². The predicted octanol–water partition coefficient (Wildman–Crippen LogP) is 4.10. The monoisotopic (exact) mass is 527 g/mol. The number of carbonyl (C=O) groups excluding carboxylic acids is 1. The minimum absolute atomic E-state index is 0.0881. The summed E-state index contributed by atoms with van der Waals surface area (Å²) in [5.41, 5.74) is 1.71. The van der Waals surface area contributed by atoms with Gasteiger partial charge in [0, 0.05) is 6.42 Å². The molecule has 0 saturated heterocycles. The Hall–Kier alpha value is -5.21. The van der Waals surface area contributed by atoms with Crippen LogP contribution in [0.5, 0.6) is 11.5 Å².